The van der Waals surface area contributed by atoms with Crippen LogP contribution in [0.2, 0.25) is 0 Å². The zero-order valence-corrected chi connectivity index (χ0v) is 8.90. The van der Waals surface area contributed by atoms with Gasteiger partial charge in [0, 0.05) is 5.56 Å². The van der Waals surface area contributed by atoms with Gasteiger partial charge in [-0.25, -0.2) is 4.98 Å². The van der Waals surface area contributed by atoms with Crippen LogP contribution < -0.4 is 5.73 Å². The summed E-state index contributed by atoms with van der Waals surface area (Å²) in [6, 6.07) is 7.94. The molecule has 0 amide bonds. The lowest BCUT2D eigenvalue weighted by atomic mass is 10.1. The highest BCUT2D eigenvalue weighted by atomic mass is 16.4. The van der Waals surface area contributed by atoms with E-state index in [-0.39, 0.29) is 6.04 Å². The van der Waals surface area contributed by atoms with Gasteiger partial charge in [0.05, 0.1) is 12.2 Å². The molecule has 1 unspecified atom stereocenters. The highest BCUT2D eigenvalue weighted by molar-refractivity contribution is 5.57. The van der Waals surface area contributed by atoms with Gasteiger partial charge in [-0.3, -0.25) is 0 Å². The summed E-state index contributed by atoms with van der Waals surface area (Å²) in [5.74, 6) is 1.34. The first-order valence-electron chi connectivity index (χ1n) is 4.95. The summed E-state index contributed by atoms with van der Waals surface area (Å²) in [6.45, 7) is 3.90. The largest absolute Gasteiger partial charge is 0.439 e. The lowest BCUT2D eigenvalue weighted by molar-refractivity contribution is 0.473. The number of hydrogen-bond acceptors (Lipinski definition) is 3. The van der Waals surface area contributed by atoms with E-state index in [1.807, 2.05) is 32.0 Å². The molecule has 78 valence electrons. The van der Waals surface area contributed by atoms with Gasteiger partial charge in [0.15, 0.2) is 5.76 Å². The molecule has 0 fully saturated rings. The molecule has 0 aliphatic heterocycles. The van der Waals surface area contributed by atoms with Gasteiger partial charge in [-0.15, -0.1) is 0 Å². The molecular weight excluding hydrogens is 188 g/mol. The quantitative estimate of drug-likeness (QED) is 0.814. The molecule has 0 bridgehead atoms. The van der Waals surface area contributed by atoms with Crippen molar-refractivity contribution in [1.82, 2.24) is 4.98 Å². The molecule has 0 spiro atoms. The Balaban J connectivity index is 2.37. The third-order valence-electron chi connectivity index (χ3n) is 2.22. The summed E-state index contributed by atoms with van der Waals surface area (Å²) in [5.41, 5.74) is 7.92. The van der Waals surface area contributed by atoms with Crippen LogP contribution in [-0.4, -0.2) is 4.98 Å². The smallest absolute Gasteiger partial charge is 0.211 e. The predicted octanol–water partition coefficient (Wildman–Crippen LogP) is 2.67. The maximum Gasteiger partial charge on any atom is 0.211 e. The highest BCUT2D eigenvalue weighted by Crippen LogP contribution is 2.22. The molecule has 15 heavy (non-hydrogen) atoms. The molecule has 0 saturated carbocycles. The molecule has 2 aromatic rings. The molecule has 3 heteroatoms. The number of hydrogen-bond donors (Lipinski definition) is 1. The van der Waals surface area contributed by atoms with Crippen molar-refractivity contribution in [3.05, 3.63) is 41.9 Å². The van der Waals surface area contributed by atoms with Crippen LogP contribution in [0.4, 0.5) is 0 Å². The van der Waals surface area contributed by atoms with Gasteiger partial charge in [-0.2, -0.15) is 0 Å². The van der Waals surface area contributed by atoms with E-state index in [4.69, 9.17) is 10.2 Å². The fourth-order valence-electron chi connectivity index (χ4n) is 1.43. The van der Waals surface area contributed by atoms with E-state index in [0.717, 1.165) is 11.3 Å². The van der Waals surface area contributed by atoms with Crippen molar-refractivity contribution >= 4 is 0 Å². The van der Waals surface area contributed by atoms with E-state index >= 15 is 0 Å². The Morgan fingerprint density at radius 1 is 1.40 bits per heavy atom. The Hall–Kier alpha value is -1.61. The first kappa shape index (κ1) is 9.93. The van der Waals surface area contributed by atoms with Gasteiger partial charge in [-0.1, -0.05) is 23.8 Å². The van der Waals surface area contributed by atoms with Gasteiger partial charge in [0.1, 0.15) is 0 Å². The zero-order valence-electron chi connectivity index (χ0n) is 8.90. The molecule has 0 aliphatic rings. The van der Waals surface area contributed by atoms with Gasteiger partial charge in [0.25, 0.3) is 0 Å². The van der Waals surface area contributed by atoms with Crippen LogP contribution in [0.15, 0.2) is 34.9 Å². The molecule has 3 nitrogen and oxygen atoms in total. The summed E-state index contributed by atoms with van der Waals surface area (Å²) < 4.78 is 5.55. The van der Waals surface area contributed by atoms with Crippen molar-refractivity contribution in [1.29, 1.82) is 0 Å². The molecular formula is C12H14N2O. The second kappa shape index (κ2) is 3.87. The SMILES string of the molecule is Cc1cccc(-c2cnc(C(C)N)o2)c1. The fraction of sp³-hybridized carbons (Fsp3) is 0.250. The minimum absolute atomic E-state index is 0.163. The summed E-state index contributed by atoms with van der Waals surface area (Å²) in [6.07, 6.45) is 1.72. The van der Waals surface area contributed by atoms with E-state index in [1.165, 1.54) is 5.56 Å². The lowest BCUT2D eigenvalue weighted by Crippen LogP contribution is -2.04. The summed E-state index contributed by atoms with van der Waals surface area (Å²) in [7, 11) is 0. The van der Waals surface area contributed by atoms with Crippen LogP contribution in [0.5, 0.6) is 0 Å². The average molecular weight is 202 g/mol. The molecule has 0 aliphatic carbocycles. The Kier molecular flexibility index (Phi) is 2.56. The van der Waals surface area contributed by atoms with E-state index in [2.05, 4.69) is 11.1 Å². The van der Waals surface area contributed by atoms with E-state index < -0.39 is 0 Å². The van der Waals surface area contributed by atoms with Crippen LogP contribution in [0, 0.1) is 6.92 Å². The third kappa shape index (κ3) is 2.07. The van der Waals surface area contributed by atoms with E-state index in [9.17, 15) is 0 Å². The third-order valence-corrected chi connectivity index (χ3v) is 2.22. The van der Waals surface area contributed by atoms with E-state index in [1.54, 1.807) is 6.20 Å². The molecule has 1 aromatic carbocycles. The number of aryl methyl sites for hydroxylation is 1. The number of nitrogens with zero attached hydrogens (tertiary/aromatic N) is 1. The van der Waals surface area contributed by atoms with Crippen LogP contribution in [0.3, 0.4) is 0 Å². The molecule has 2 rings (SSSR count). The van der Waals surface area contributed by atoms with Gasteiger partial charge in [0.2, 0.25) is 5.89 Å². The minimum Gasteiger partial charge on any atom is -0.439 e. The van der Waals surface area contributed by atoms with Crippen molar-refractivity contribution in [2.45, 2.75) is 19.9 Å². The molecule has 2 N–H and O–H groups in total. The summed E-state index contributed by atoms with van der Waals surface area (Å²) in [4.78, 5) is 4.13. The fourth-order valence-corrected chi connectivity index (χ4v) is 1.43. The Labute approximate surface area is 88.9 Å². The minimum atomic E-state index is -0.163. The Morgan fingerprint density at radius 2 is 2.20 bits per heavy atom. The van der Waals surface area contributed by atoms with Gasteiger partial charge >= 0.3 is 0 Å². The molecule has 0 saturated heterocycles. The Morgan fingerprint density at radius 3 is 2.80 bits per heavy atom. The Bertz CT molecular complexity index is 460. The molecule has 1 atom stereocenters. The second-order valence-corrected chi connectivity index (χ2v) is 3.72. The zero-order chi connectivity index (χ0) is 10.8. The number of nitrogens with two attached hydrogens (primary N) is 1. The average Bonchev–Trinajstić information content (AvgIpc) is 2.66. The van der Waals surface area contributed by atoms with Crippen molar-refractivity contribution in [3.8, 4) is 11.3 Å². The van der Waals surface area contributed by atoms with Gasteiger partial charge in [-0.05, 0) is 19.9 Å². The van der Waals surface area contributed by atoms with Crippen molar-refractivity contribution in [2.24, 2.45) is 5.73 Å². The van der Waals surface area contributed by atoms with Crippen molar-refractivity contribution in [3.63, 3.8) is 0 Å². The standard InChI is InChI=1S/C12H14N2O/c1-8-4-3-5-10(6-8)11-7-14-12(15-11)9(2)13/h3-7,9H,13H2,1-2H3. The number of oxazole rings is 1. The summed E-state index contributed by atoms with van der Waals surface area (Å²) in [5, 5.41) is 0. The second-order valence-electron chi connectivity index (χ2n) is 3.72. The van der Waals surface area contributed by atoms with Crippen LogP contribution >= 0.6 is 0 Å². The van der Waals surface area contributed by atoms with E-state index in [0.29, 0.717) is 5.89 Å². The maximum absolute atomic E-state index is 5.68. The predicted molar refractivity (Wildman–Crippen MR) is 59.3 cm³/mol. The number of benzene rings is 1. The molecule has 1 heterocycles. The van der Waals surface area contributed by atoms with Gasteiger partial charge < -0.3 is 10.2 Å². The maximum atomic E-state index is 5.68. The molecule has 0 radical (unpaired) electrons. The van der Waals surface area contributed by atoms with Crippen LogP contribution in [-0.2, 0) is 0 Å². The van der Waals surface area contributed by atoms with Crippen LogP contribution in [0.1, 0.15) is 24.4 Å². The summed E-state index contributed by atoms with van der Waals surface area (Å²) >= 11 is 0. The first-order valence-corrected chi connectivity index (χ1v) is 4.95. The normalized spacial score (nSPS) is 12.7. The first-order chi connectivity index (χ1) is 7.16. The van der Waals surface area contributed by atoms with Crippen molar-refractivity contribution < 1.29 is 4.42 Å². The molecule has 1 aromatic heterocycles. The van der Waals surface area contributed by atoms with Crippen LogP contribution in [0.25, 0.3) is 11.3 Å². The topological polar surface area (TPSA) is 52.0 Å². The number of rotatable bonds is 2. The monoisotopic (exact) mass is 202 g/mol. The lowest BCUT2D eigenvalue weighted by Gasteiger charge is -1.99. The van der Waals surface area contributed by atoms with Crippen molar-refractivity contribution in [2.75, 3.05) is 0 Å². The number of aromatic nitrogens is 1. The highest BCUT2D eigenvalue weighted by Gasteiger charge is 2.09.